The SMILES string of the molecule is COC1CC(O)CC2CC3(CCC(CC4CCC(N)NC4)C3)C3C(CCC4C(COC(C)=O)C(C5CCC(O)C(OCCNC6CCCC6)C5)OC43)C21. The minimum Gasteiger partial charge on any atom is -0.465 e. The van der Waals surface area contributed by atoms with E-state index in [2.05, 4.69) is 10.6 Å². The average molecular weight is 744 g/mol. The number of nitrogens with one attached hydrogen (secondary N) is 2. The van der Waals surface area contributed by atoms with Crippen molar-refractivity contribution in [3.05, 3.63) is 0 Å². The number of nitrogens with two attached hydrogens (primary N) is 1. The minimum absolute atomic E-state index is 0.00536. The smallest absolute Gasteiger partial charge is 0.302 e. The van der Waals surface area contributed by atoms with Crippen LogP contribution in [0.5, 0.6) is 0 Å². The van der Waals surface area contributed by atoms with Crippen LogP contribution in [-0.4, -0.2) is 98.4 Å². The molecule has 8 aliphatic rings. The molecule has 53 heavy (non-hydrogen) atoms. The van der Waals surface area contributed by atoms with Gasteiger partial charge in [0.1, 0.15) is 0 Å². The first kappa shape index (κ1) is 39.0. The molecule has 8 rings (SSSR count). The number of methoxy groups -OCH3 is 1. The van der Waals surface area contributed by atoms with Crippen molar-refractivity contribution in [2.45, 2.75) is 171 Å². The molecule has 10 nitrogen and oxygen atoms in total. The van der Waals surface area contributed by atoms with Gasteiger partial charge in [-0.15, -0.1) is 0 Å². The molecule has 0 amide bonds. The summed E-state index contributed by atoms with van der Waals surface area (Å²) >= 11 is 0. The maximum absolute atomic E-state index is 12.3. The van der Waals surface area contributed by atoms with Crippen molar-refractivity contribution < 1.29 is 34.0 Å². The number of hydrogen-bond donors (Lipinski definition) is 5. The van der Waals surface area contributed by atoms with Crippen LogP contribution in [0.15, 0.2) is 0 Å². The monoisotopic (exact) mass is 744 g/mol. The van der Waals surface area contributed by atoms with E-state index in [0.717, 1.165) is 70.4 Å². The standard InChI is InChI=1S/C43H73N3O7/c1-25(47)52-24-34-32-9-10-33-39-29(18-31(48)20-37(39)50-2)22-43(14-13-26(21-43)17-27-7-12-38(44)46-23-27)40(33)42(32)53-41(34)28-8-11-35(49)36(19-28)51-16-15-45-30-5-3-4-6-30/h26-42,45-46,48-49H,3-24,44H2,1-2H3. The lowest BCUT2D eigenvalue weighted by molar-refractivity contribution is -0.192. The average Bonchev–Trinajstić information content (AvgIpc) is 3.90. The molecule has 2 saturated heterocycles. The Hall–Kier alpha value is -0.850. The van der Waals surface area contributed by atoms with Crippen molar-refractivity contribution in [2.75, 3.05) is 33.4 Å². The number of piperidine rings is 1. The quantitative estimate of drug-likeness (QED) is 0.146. The molecular weight excluding hydrogens is 670 g/mol. The molecule has 17 unspecified atom stereocenters. The van der Waals surface area contributed by atoms with E-state index >= 15 is 0 Å². The van der Waals surface area contributed by atoms with Crippen molar-refractivity contribution >= 4 is 5.97 Å². The number of aliphatic hydroxyl groups excluding tert-OH is 2. The summed E-state index contributed by atoms with van der Waals surface area (Å²) in [4.78, 5) is 12.3. The summed E-state index contributed by atoms with van der Waals surface area (Å²) in [5, 5.41) is 29.4. The van der Waals surface area contributed by atoms with E-state index in [1.54, 1.807) is 0 Å². The van der Waals surface area contributed by atoms with Crippen molar-refractivity contribution in [3.8, 4) is 0 Å². The highest BCUT2D eigenvalue weighted by Gasteiger charge is 2.65. The first-order valence-corrected chi connectivity index (χ1v) is 22.2. The normalized spacial score (nSPS) is 48.7. The maximum atomic E-state index is 12.3. The van der Waals surface area contributed by atoms with Gasteiger partial charge in [-0.2, -0.15) is 0 Å². The molecule has 0 radical (unpaired) electrons. The highest BCUT2D eigenvalue weighted by atomic mass is 16.5. The van der Waals surface area contributed by atoms with Gasteiger partial charge in [-0.25, -0.2) is 0 Å². The van der Waals surface area contributed by atoms with Gasteiger partial charge in [-0.05, 0) is 162 Å². The lowest BCUT2D eigenvalue weighted by Crippen LogP contribution is -2.59. The lowest BCUT2D eigenvalue weighted by Gasteiger charge is -2.61. The minimum atomic E-state index is -0.450. The second-order valence-electron chi connectivity index (χ2n) is 19.6. The molecule has 2 aliphatic heterocycles. The number of carbonyl (C=O) groups excluding carboxylic acids is 1. The van der Waals surface area contributed by atoms with E-state index in [-0.39, 0.29) is 59.9 Å². The van der Waals surface area contributed by atoms with Crippen LogP contribution in [0.4, 0.5) is 0 Å². The van der Waals surface area contributed by atoms with Crippen LogP contribution in [0, 0.1) is 58.7 Å². The lowest BCUT2D eigenvalue weighted by atomic mass is 9.45. The molecule has 8 fully saturated rings. The van der Waals surface area contributed by atoms with Gasteiger partial charge in [-0.1, -0.05) is 12.8 Å². The molecule has 17 atom stereocenters. The summed E-state index contributed by atoms with van der Waals surface area (Å²) in [5.41, 5.74) is 6.41. The Morgan fingerprint density at radius 1 is 0.906 bits per heavy atom. The third kappa shape index (κ3) is 8.28. The van der Waals surface area contributed by atoms with E-state index in [9.17, 15) is 15.0 Å². The molecule has 2 heterocycles. The van der Waals surface area contributed by atoms with Crippen molar-refractivity contribution in [1.29, 1.82) is 0 Å². The molecule has 6 aliphatic carbocycles. The number of fused-ring (bicyclic) bond motifs is 6. The van der Waals surface area contributed by atoms with Crippen LogP contribution in [0.2, 0.25) is 0 Å². The van der Waals surface area contributed by atoms with E-state index in [4.69, 9.17) is 24.7 Å². The third-order valence-corrected chi connectivity index (χ3v) is 16.5. The highest BCUT2D eigenvalue weighted by Crippen LogP contribution is 2.68. The number of rotatable bonds is 11. The van der Waals surface area contributed by atoms with Crippen LogP contribution < -0.4 is 16.4 Å². The molecule has 1 spiro atoms. The first-order chi connectivity index (χ1) is 25.7. The fraction of sp³-hybridized carbons (Fsp3) is 0.977. The Morgan fingerprint density at radius 2 is 1.74 bits per heavy atom. The van der Waals surface area contributed by atoms with Crippen molar-refractivity contribution in [3.63, 3.8) is 0 Å². The molecule has 0 bridgehead atoms. The number of ether oxygens (including phenoxy) is 4. The van der Waals surface area contributed by atoms with Crippen molar-refractivity contribution in [2.24, 2.45) is 64.4 Å². The van der Waals surface area contributed by atoms with E-state index in [0.29, 0.717) is 54.8 Å². The van der Waals surface area contributed by atoms with E-state index in [1.165, 1.54) is 71.1 Å². The summed E-state index contributed by atoms with van der Waals surface area (Å²) in [7, 11) is 1.86. The summed E-state index contributed by atoms with van der Waals surface area (Å²) in [6.45, 7) is 4.44. The van der Waals surface area contributed by atoms with Gasteiger partial charge >= 0.3 is 5.97 Å². The molecule has 0 aromatic carbocycles. The number of aliphatic hydroxyl groups is 2. The Balaban J connectivity index is 1.03. The van der Waals surface area contributed by atoms with Crippen LogP contribution in [-0.2, 0) is 23.7 Å². The maximum Gasteiger partial charge on any atom is 0.302 e. The van der Waals surface area contributed by atoms with Crippen LogP contribution in [0.25, 0.3) is 0 Å². The zero-order valence-electron chi connectivity index (χ0n) is 32.9. The molecule has 0 aromatic heterocycles. The number of esters is 1. The zero-order valence-corrected chi connectivity index (χ0v) is 32.9. The van der Waals surface area contributed by atoms with Gasteiger partial charge < -0.3 is 45.5 Å². The topological polar surface area (TPSA) is 145 Å². The van der Waals surface area contributed by atoms with Crippen molar-refractivity contribution in [1.82, 2.24) is 10.6 Å². The molecule has 6 N–H and O–H groups in total. The fourth-order valence-electron chi connectivity index (χ4n) is 14.4. The molecule has 302 valence electrons. The zero-order chi connectivity index (χ0) is 36.7. The summed E-state index contributed by atoms with van der Waals surface area (Å²) < 4.78 is 26.2. The van der Waals surface area contributed by atoms with E-state index < -0.39 is 6.10 Å². The summed E-state index contributed by atoms with van der Waals surface area (Å²) in [5.74, 6) is 3.90. The van der Waals surface area contributed by atoms with Crippen LogP contribution in [0.3, 0.4) is 0 Å². The Morgan fingerprint density at radius 3 is 2.51 bits per heavy atom. The van der Waals surface area contributed by atoms with Crippen LogP contribution in [0.1, 0.15) is 122 Å². The third-order valence-electron chi connectivity index (χ3n) is 16.5. The Bertz CT molecular complexity index is 1210. The van der Waals surface area contributed by atoms with Gasteiger partial charge in [0.15, 0.2) is 0 Å². The second-order valence-corrected chi connectivity index (χ2v) is 19.6. The van der Waals surface area contributed by atoms with Gasteiger partial charge in [0.05, 0.1) is 56.0 Å². The molecular formula is C43H73N3O7. The number of carbonyl (C=O) groups is 1. The Kier molecular flexibility index (Phi) is 12.5. The largest absolute Gasteiger partial charge is 0.465 e. The van der Waals surface area contributed by atoms with Gasteiger partial charge in [-0.3, -0.25) is 4.79 Å². The predicted molar refractivity (Wildman–Crippen MR) is 203 cm³/mol. The van der Waals surface area contributed by atoms with Gasteiger partial charge in [0, 0.05) is 32.5 Å². The Labute approximate surface area is 319 Å². The molecule has 10 heteroatoms. The number of hydrogen-bond acceptors (Lipinski definition) is 10. The highest BCUT2D eigenvalue weighted by molar-refractivity contribution is 5.65. The van der Waals surface area contributed by atoms with Gasteiger partial charge in [0.2, 0.25) is 0 Å². The summed E-state index contributed by atoms with van der Waals surface area (Å²) in [6.07, 6.45) is 19.4. The predicted octanol–water partition coefficient (Wildman–Crippen LogP) is 4.92. The second kappa shape index (κ2) is 16.9. The first-order valence-electron chi connectivity index (χ1n) is 22.2. The fourth-order valence-corrected chi connectivity index (χ4v) is 14.4. The summed E-state index contributed by atoms with van der Waals surface area (Å²) in [6, 6.07) is 0.610. The van der Waals surface area contributed by atoms with E-state index in [1.807, 2.05) is 7.11 Å². The molecule has 6 saturated carbocycles. The van der Waals surface area contributed by atoms with Gasteiger partial charge in [0.25, 0.3) is 0 Å². The van der Waals surface area contributed by atoms with Crippen LogP contribution >= 0.6 is 0 Å². The molecule has 0 aromatic rings.